The highest BCUT2D eigenvalue weighted by Gasteiger charge is 2.37. The molecule has 1 saturated carbocycles. The largest absolute Gasteiger partial charge is 0.393 e. The van der Waals surface area contributed by atoms with Crippen LogP contribution in [-0.4, -0.2) is 29.7 Å². The molecule has 0 aliphatic heterocycles. The summed E-state index contributed by atoms with van der Waals surface area (Å²) in [6, 6.07) is 0. The third-order valence-electron chi connectivity index (χ3n) is 1.69. The number of alkyl halides is 3. The lowest BCUT2D eigenvalue weighted by molar-refractivity contribution is -0.0210. The molecule has 0 bridgehead atoms. The smallest absolute Gasteiger partial charge is 0.162 e. The van der Waals surface area contributed by atoms with Gasteiger partial charge in [-0.3, -0.25) is 0 Å². The minimum Gasteiger partial charge on any atom is -0.393 e. The predicted molar refractivity (Wildman–Crippen MR) is 29.9 cm³/mol. The van der Waals surface area contributed by atoms with Crippen molar-refractivity contribution in [3.63, 3.8) is 0 Å². The van der Waals surface area contributed by atoms with E-state index in [1.54, 1.807) is 0 Å². The van der Waals surface area contributed by atoms with Gasteiger partial charge in [0.25, 0.3) is 0 Å². The summed E-state index contributed by atoms with van der Waals surface area (Å²) in [4.78, 5) is 0. The van der Waals surface area contributed by atoms with Crippen LogP contribution in [-0.2, 0) is 0 Å². The topological polar surface area (TPSA) is 20.2 Å². The Morgan fingerprint density at radius 2 is 1.40 bits per heavy atom. The number of hydrogen-bond acceptors (Lipinski definition) is 1. The van der Waals surface area contributed by atoms with E-state index in [0.717, 1.165) is 0 Å². The zero-order valence-electron chi connectivity index (χ0n) is 5.30. The average Bonchev–Trinajstić information content (AvgIpc) is 1.82. The van der Waals surface area contributed by atoms with Crippen molar-refractivity contribution in [1.82, 2.24) is 0 Å². The van der Waals surface area contributed by atoms with Gasteiger partial charge in [0.15, 0.2) is 6.17 Å². The van der Waals surface area contributed by atoms with Crippen LogP contribution in [0.4, 0.5) is 13.2 Å². The van der Waals surface area contributed by atoms with Crippen molar-refractivity contribution in [3.8, 4) is 0 Å². The van der Waals surface area contributed by atoms with Crippen molar-refractivity contribution < 1.29 is 18.3 Å². The number of aliphatic hydroxyl groups excluding tert-OH is 1. The van der Waals surface area contributed by atoms with E-state index < -0.39 is 24.6 Å². The molecule has 4 atom stereocenters. The summed E-state index contributed by atoms with van der Waals surface area (Å²) in [5.41, 5.74) is 0. The molecule has 0 aromatic heterocycles. The molecule has 2 unspecified atom stereocenters. The molecule has 0 radical (unpaired) electrons. The van der Waals surface area contributed by atoms with Crippen molar-refractivity contribution in [3.05, 3.63) is 0 Å². The maximum Gasteiger partial charge on any atom is 0.162 e. The third-order valence-corrected chi connectivity index (χ3v) is 1.69. The summed E-state index contributed by atoms with van der Waals surface area (Å²) >= 11 is 0. The van der Waals surface area contributed by atoms with E-state index in [0.29, 0.717) is 0 Å². The number of rotatable bonds is 0. The van der Waals surface area contributed by atoms with Crippen LogP contribution in [0.1, 0.15) is 12.8 Å². The Kier molecular flexibility index (Phi) is 2.18. The normalized spacial score (nSPS) is 49.2. The van der Waals surface area contributed by atoms with Crippen LogP contribution in [0.3, 0.4) is 0 Å². The lowest BCUT2D eigenvalue weighted by Crippen LogP contribution is -2.39. The molecule has 4 heteroatoms. The van der Waals surface area contributed by atoms with Crippen molar-refractivity contribution in [2.75, 3.05) is 0 Å². The van der Waals surface area contributed by atoms with Gasteiger partial charge in [0.2, 0.25) is 0 Å². The maximum absolute atomic E-state index is 12.3. The minimum absolute atomic E-state index is 0.276. The molecule has 1 aliphatic carbocycles. The fourth-order valence-corrected chi connectivity index (χ4v) is 1.10. The van der Waals surface area contributed by atoms with Crippen LogP contribution in [0.5, 0.6) is 0 Å². The lowest BCUT2D eigenvalue weighted by atomic mass is 9.93. The summed E-state index contributed by atoms with van der Waals surface area (Å²) in [7, 11) is 0. The average molecular weight is 154 g/mol. The molecule has 0 amide bonds. The van der Waals surface area contributed by atoms with E-state index in [1.165, 1.54) is 0 Å². The van der Waals surface area contributed by atoms with Gasteiger partial charge in [-0.15, -0.1) is 0 Å². The zero-order chi connectivity index (χ0) is 7.72. The molecule has 0 saturated heterocycles. The van der Waals surface area contributed by atoms with Crippen LogP contribution in [0.2, 0.25) is 0 Å². The molecule has 0 spiro atoms. The van der Waals surface area contributed by atoms with E-state index in [9.17, 15) is 13.2 Å². The molecule has 1 rings (SSSR count). The van der Waals surface area contributed by atoms with Crippen LogP contribution < -0.4 is 0 Å². The Morgan fingerprint density at radius 3 is 1.80 bits per heavy atom. The zero-order valence-corrected chi connectivity index (χ0v) is 5.30. The molecular weight excluding hydrogens is 145 g/mol. The van der Waals surface area contributed by atoms with Crippen LogP contribution in [0, 0.1) is 0 Å². The van der Waals surface area contributed by atoms with Crippen molar-refractivity contribution in [2.45, 2.75) is 37.5 Å². The SMILES string of the molecule is OC1C[C@@H](F)C(F)[C@@H](F)C1. The molecule has 1 aliphatic rings. The summed E-state index contributed by atoms with van der Waals surface area (Å²) in [5, 5.41) is 8.72. The van der Waals surface area contributed by atoms with Gasteiger partial charge in [-0.25, -0.2) is 13.2 Å². The van der Waals surface area contributed by atoms with Gasteiger partial charge in [-0.05, 0) is 0 Å². The molecule has 10 heavy (non-hydrogen) atoms. The summed E-state index contributed by atoms with van der Waals surface area (Å²) in [6.07, 6.45) is -7.28. The lowest BCUT2D eigenvalue weighted by Gasteiger charge is -2.26. The molecule has 1 N–H and O–H groups in total. The van der Waals surface area contributed by atoms with E-state index in [4.69, 9.17) is 5.11 Å². The highest BCUT2D eigenvalue weighted by molar-refractivity contribution is 4.86. The van der Waals surface area contributed by atoms with Gasteiger partial charge in [0.1, 0.15) is 12.3 Å². The maximum atomic E-state index is 12.3. The summed E-state index contributed by atoms with van der Waals surface area (Å²) in [6.45, 7) is 0. The molecule has 1 nitrogen and oxygen atoms in total. The Hall–Kier alpha value is -0.250. The second-order valence-corrected chi connectivity index (χ2v) is 2.60. The van der Waals surface area contributed by atoms with E-state index in [-0.39, 0.29) is 12.8 Å². The summed E-state index contributed by atoms with van der Waals surface area (Å²) in [5.74, 6) is 0. The molecular formula is C6H9F3O. The van der Waals surface area contributed by atoms with E-state index >= 15 is 0 Å². The third kappa shape index (κ3) is 1.42. The quantitative estimate of drug-likeness (QED) is 0.555. The summed E-state index contributed by atoms with van der Waals surface area (Å²) < 4.78 is 36.9. The van der Waals surface area contributed by atoms with Gasteiger partial charge in [0, 0.05) is 12.8 Å². The van der Waals surface area contributed by atoms with E-state index in [2.05, 4.69) is 0 Å². The first-order valence-corrected chi connectivity index (χ1v) is 3.21. The van der Waals surface area contributed by atoms with E-state index in [1.807, 2.05) is 0 Å². The Balaban J connectivity index is 2.49. The first kappa shape index (κ1) is 7.85. The van der Waals surface area contributed by atoms with Crippen molar-refractivity contribution in [2.24, 2.45) is 0 Å². The number of hydrogen-bond donors (Lipinski definition) is 1. The van der Waals surface area contributed by atoms with Crippen LogP contribution in [0.15, 0.2) is 0 Å². The Morgan fingerprint density at radius 1 is 1.00 bits per heavy atom. The van der Waals surface area contributed by atoms with Gasteiger partial charge in [-0.2, -0.15) is 0 Å². The van der Waals surface area contributed by atoms with Crippen molar-refractivity contribution >= 4 is 0 Å². The van der Waals surface area contributed by atoms with Gasteiger partial charge in [-0.1, -0.05) is 0 Å². The van der Waals surface area contributed by atoms with Gasteiger partial charge in [0.05, 0.1) is 6.10 Å². The second-order valence-electron chi connectivity index (χ2n) is 2.60. The Labute approximate surface area is 56.8 Å². The molecule has 0 aromatic rings. The predicted octanol–water partition coefficient (Wildman–Crippen LogP) is 1.16. The van der Waals surface area contributed by atoms with Crippen molar-refractivity contribution in [1.29, 1.82) is 0 Å². The fourth-order valence-electron chi connectivity index (χ4n) is 1.10. The highest BCUT2D eigenvalue weighted by atomic mass is 19.2. The molecule has 0 aromatic carbocycles. The standard InChI is InChI=1S/C6H9F3O/c7-4-1-3(10)2-5(8)6(4)9/h3-6,10H,1-2H2/t3?,4-,5+,6?. The second kappa shape index (κ2) is 2.78. The van der Waals surface area contributed by atoms with Crippen LogP contribution in [0.25, 0.3) is 0 Å². The Bertz CT molecular complexity index is 108. The number of halogens is 3. The molecule has 1 fully saturated rings. The molecule has 0 heterocycles. The number of aliphatic hydroxyl groups is 1. The van der Waals surface area contributed by atoms with Crippen LogP contribution >= 0.6 is 0 Å². The minimum atomic E-state index is -2.04. The highest BCUT2D eigenvalue weighted by Crippen LogP contribution is 2.26. The monoisotopic (exact) mass is 154 g/mol. The first-order valence-electron chi connectivity index (χ1n) is 3.21. The van der Waals surface area contributed by atoms with Gasteiger partial charge < -0.3 is 5.11 Å². The first-order chi connectivity index (χ1) is 4.61. The fraction of sp³-hybridized carbons (Fsp3) is 1.00. The van der Waals surface area contributed by atoms with Gasteiger partial charge >= 0.3 is 0 Å². The molecule has 60 valence electrons.